The van der Waals surface area contributed by atoms with Crippen molar-refractivity contribution >= 4 is 5.91 Å². The molecule has 4 nitrogen and oxygen atoms in total. The van der Waals surface area contributed by atoms with Crippen LogP contribution in [0.25, 0.3) is 0 Å². The maximum absolute atomic E-state index is 10.8. The number of hydrogen-bond acceptors (Lipinski definition) is 3. The molecule has 1 amide bonds. The molecule has 3 N–H and O–H groups in total. The number of aliphatic hydroxyl groups is 1. The van der Waals surface area contributed by atoms with E-state index in [1.54, 1.807) is 5.48 Å². The van der Waals surface area contributed by atoms with E-state index in [2.05, 4.69) is 0 Å². The SMILES string of the molecule is O=C(CCCCCCCCCCCCCCCCCCCCCCO)NO. The fourth-order valence-corrected chi connectivity index (χ4v) is 3.64. The predicted octanol–water partition coefficient (Wildman–Crippen LogP) is 6.68. The summed E-state index contributed by atoms with van der Waals surface area (Å²) in [5.74, 6) is -0.264. The van der Waals surface area contributed by atoms with E-state index in [1.807, 2.05) is 0 Å². The Balaban J connectivity index is 3.00. The minimum absolute atomic E-state index is 0.264. The van der Waals surface area contributed by atoms with Gasteiger partial charge in [0.05, 0.1) is 0 Å². The largest absolute Gasteiger partial charge is 0.396 e. The molecule has 0 atom stereocenters. The molecule has 0 aliphatic carbocycles. The van der Waals surface area contributed by atoms with E-state index in [1.165, 1.54) is 109 Å². The first kappa shape index (κ1) is 26.4. The maximum atomic E-state index is 10.8. The third-order valence-electron chi connectivity index (χ3n) is 5.44. The number of hydrogen-bond donors (Lipinski definition) is 3. The zero-order valence-electron chi connectivity index (χ0n) is 17.9. The van der Waals surface area contributed by atoms with Crippen LogP contribution in [0.3, 0.4) is 0 Å². The van der Waals surface area contributed by atoms with Gasteiger partial charge in [0, 0.05) is 13.0 Å². The molecule has 0 aromatic carbocycles. The van der Waals surface area contributed by atoms with E-state index in [0.717, 1.165) is 19.3 Å². The summed E-state index contributed by atoms with van der Waals surface area (Å²) in [5, 5.41) is 17.1. The van der Waals surface area contributed by atoms with Crippen molar-refractivity contribution < 1.29 is 15.1 Å². The standard InChI is InChI=1S/C23H47NO3/c25-22-20-18-16-14-12-10-8-6-4-2-1-3-5-7-9-11-13-15-17-19-21-23(26)24-27/h25,27H,1-22H2,(H,24,26). The average Bonchev–Trinajstić information content (AvgIpc) is 2.68. The highest BCUT2D eigenvalue weighted by atomic mass is 16.5. The van der Waals surface area contributed by atoms with E-state index >= 15 is 0 Å². The fraction of sp³-hybridized carbons (Fsp3) is 0.957. The Bertz CT molecular complexity index is 297. The molecule has 0 saturated heterocycles. The van der Waals surface area contributed by atoms with Crippen LogP contribution in [-0.4, -0.2) is 22.8 Å². The first-order valence-corrected chi connectivity index (χ1v) is 11.8. The van der Waals surface area contributed by atoms with Gasteiger partial charge in [-0.3, -0.25) is 10.0 Å². The van der Waals surface area contributed by atoms with Gasteiger partial charge in [-0.1, -0.05) is 116 Å². The minimum Gasteiger partial charge on any atom is -0.396 e. The lowest BCUT2D eigenvalue weighted by atomic mass is 10.0. The van der Waals surface area contributed by atoms with Crippen molar-refractivity contribution in [3.05, 3.63) is 0 Å². The van der Waals surface area contributed by atoms with Crippen LogP contribution in [0, 0.1) is 0 Å². The molecular formula is C23H47NO3. The molecule has 0 aliphatic rings. The molecule has 0 spiro atoms. The third-order valence-corrected chi connectivity index (χ3v) is 5.44. The lowest BCUT2D eigenvalue weighted by molar-refractivity contribution is -0.129. The quantitative estimate of drug-likeness (QED) is 0.111. The number of hydroxylamine groups is 1. The number of rotatable bonds is 22. The number of carbonyl (C=O) groups is 1. The van der Waals surface area contributed by atoms with E-state index in [0.29, 0.717) is 13.0 Å². The summed E-state index contributed by atoms with van der Waals surface area (Å²) in [6, 6.07) is 0. The Morgan fingerprint density at radius 1 is 0.481 bits per heavy atom. The van der Waals surface area contributed by atoms with Crippen LogP contribution >= 0.6 is 0 Å². The fourth-order valence-electron chi connectivity index (χ4n) is 3.64. The maximum Gasteiger partial charge on any atom is 0.243 e. The third kappa shape index (κ3) is 23.4. The summed E-state index contributed by atoms with van der Waals surface area (Å²) < 4.78 is 0. The molecule has 0 aromatic rings. The van der Waals surface area contributed by atoms with Crippen molar-refractivity contribution in [3.8, 4) is 0 Å². The van der Waals surface area contributed by atoms with Crippen molar-refractivity contribution in [2.75, 3.05) is 6.61 Å². The summed E-state index contributed by atoms with van der Waals surface area (Å²) in [6.45, 7) is 0.356. The molecule has 0 rings (SSSR count). The number of amides is 1. The first-order valence-electron chi connectivity index (χ1n) is 11.8. The van der Waals surface area contributed by atoms with Gasteiger partial charge in [-0.25, -0.2) is 5.48 Å². The van der Waals surface area contributed by atoms with Crippen LogP contribution in [0.15, 0.2) is 0 Å². The monoisotopic (exact) mass is 385 g/mol. The summed E-state index contributed by atoms with van der Waals surface area (Å²) in [7, 11) is 0. The van der Waals surface area contributed by atoms with Crippen molar-refractivity contribution in [2.24, 2.45) is 0 Å². The number of nitrogens with one attached hydrogen (secondary N) is 1. The molecule has 0 unspecified atom stereocenters. The van der Waals surface area contributed by atoms with Gasteiger partial charge in [0.15, 0.2) is 0 Å². The summed E-state index contributed by atoms with van der Waals surface area (Å²) in [5.41, 5.74) is 1.68. The zero-order valence-corrected chi connectivity index (χ0v) is 17.9. The molecule has 0 saturated carbocycles. The molecule has 162 valence electrons. The molecule has 0 fully saturated rings. The highest BCUT2D eigenvalue weighted by Gasteiger charge is 1.98. The summed E-state index contributed by atoms with van der Waals surface area (Å²) in [4.78, 5) is 10.8. The van der Waals surface area contributed by atoms with Crippen molar-refractivity contribution in [1.82, 2.24) is 5.48 Å². The molecule has 4 heteroatoms. The molecule has 0 aromatic heterocycles. The van der Waals surface area contributed by atoms with Gasteiger partial charge in [0.1, 0.15) is 0 Å². The van der Waals surface area contributed by atoms with E-state index in [9.17, 15) is 4.79 Å². The van der Waals surface area contributed by atoms with Gasteiger partial charge in [0.25, 0.3) is 0 Å². The van der Waals surface area contributed by atoms with Gasteiger partial charge in [-0.15, -0.1) is 0 Å². The van der Waals surface area contributed by atoms with Crippen LogP contribution < -0.4 is 5.48 Å². The second-order valence-electron chi connectivity index (χ2n) is 8.08. The normalized spacial score (nSPS) is 11.0. The van der Waals surface area contributed by atoms with Gasteiger partial charge in [-0.2, -0.15) is 0 Å². The Kier molecular flexibility index (Phi) is 22.9. The zero-order chi connectivity index (χ0) is 19.8. The smallest absolute Gasteiger partial charge is 0.243 e. The molecule has 0 bridgehead atoms. The topological polar surface area (TPSA) is 69.6 Å². The van der Waals surface area contributed by atoms with Gasteiger partial charge in [0.2, 0.25) is 5.91 Å². The van der Waals surface area contributed by atoms with Crippen LogP contribution in [-0.2, 0) is 4.79 Å². The molecule has 0 heterocycles. The molecule has 0 radical (unpaired) electrons. The van der Waals surface area contributed by atoms with E-state index in [4.69, 9.17) is 10.3 Å². The molecule has 27 heavy (non-hydrogen) atoms. The number of aliphatic hydroxyl groups excluding tert-OH is 1. The van der Waals surface area contributed by atoms with Crippen molar-refractivity contribution in [2.45, 2.75) is 135 Å². The van der Waals surface area contributed by atoms with Crippen molar-refractivity contribution in [1.29, 1.82) is 0 Å². The van der Waals surface area contributed by atoms with E-state index < -0.39 is 0 Å². The van der Waals surface area contributed by atoms with Gasteiger partial charge in [-0.05, 0) is 12.8 Å². The van der Waals surface area contributed by atoms with Gasteiger partial charge < -0.3 is 5.11 Å². The van der Waals surface area contributed by atoms with Crippen LogP contribution in [0.5, 0.6) is 0 Å². The number of unbranched alkanes of at least 4 members (excludes halogenated alkanes) is 19. The highest BCUT2D eigenvalue weighted by molar-refractivity contribution is 5.74. The summed E-state index contributed by atoms with van der Waals surface area (Å²) in [6.07, 6.45) is 26.4. The Hall–Kier alpha value is -0.610. The van der Waals surface area contributed by atoms with Crippen LogP contribution in [0.2, 0.25) is 0 Å². The van der Waals surface area contributed by atoms with Gasteiger partial charge >= 0.3 is 0 Å². The van der Waals surface area contributed by atoms with Crippen LogP contribution in [0.1, 0.15) is 135 Å². The first-order chi connectivity index (χ1) is 13.3. The van der Waals surface area contributed by atoms with E-state index in [-0.39, 0.29) is 5.91 Å². The minimum atomic E-state index is -0.264. The molecule has 0 aliphatic heterocycles. The average molecular weight is 386 g/mol. The second kappa shape index (κ2) is 23.4. The summed E-state index contributed by atoms with van der Waals surface area (Å²) >= 11 is 0. The Labute approximate surface area is 168 Å². The Morgan fingerprint density at radius 2 is 0.741 bits per heavy atom. The van der Waals surface area contributed by atoms with Crippen LogP contribution in [0.4, 0.5) is 0 Å². The lowest BCUT2D eigenvalue weighted by Gasteiger charge is -2.04. The number of carbonyl (C=O) groups excluding carboxylic acids is 1. The second-order valence-corrected chi connectivity index (χ2v) is 8.08. The Morgan fingerprint density at radius 3 is 1.00 bits per heavy atom. The lowest BCUT2D eigenvalue weighted by Crippen LogP contribution is -2.17. The van der Waals surface area contributed by atoms with Crippen molar-refractivity contribution in [3.63, 3.8) is 0 Å². The molecular weight excluding hydrogens is 338 g/mol. The predicted molar refractivity (Wildman–Crippen MR) is 114 cm³/mol. The highest BCUT2D eigenvalue weighted by Crippen LogP contribution is 2.15.